The summed E-state index contributed by atoms with van der Waals surface area (Å²) in [5.41, 5.74) is 0.334. The molecular formula is C7H4BrClF2IN. The standard InChI is InChI=1S/C7H4BrClF2IN/c8-1-3-5(7(10)11)4(12)2-13-6(3)9/h2,7H,1H2. The molecule has 13 heavy (non-hydrogen) atoms. The Morgan fingerprint density at radius 3 is 2.62 bits per heavy atom. The molecule has 0 fully saturated rings. The Kier molecular flexibility index (Phi) is 4.31. The summed E-state index contributed by atoms with van der Waals surface area (Å²) < 4.78 is 25.5. The fourth-order valence-corrected chi connectivity index (χ4v) is 2.53. The minimum Gasteiger partial charge on any atom is -0.243 e. The average molecular weight is 382 g/mol. The van der Waals surface area contributed by atoms with E-state index >= 15 is 0 Å². The van der Waals surface area contributed by atoms with Crippen molar-refractivity contribution in [2.45, 2.75) is 11.8 Å². The molecule has 1 aromatic heterocycles. The van der Waals surface area contributed by atoms with Crippen LogP contribution in [0.25, 0.3) is 0 Å². The first-order valence-electron chi connectivity index (χ1n) is 3.24. The van der Waals surface area contributed by atoms with E-state index in [2.05, 4.69) is 20.9 Å². The van der Waals surface area contributed by atoms with Crippen LogP contribution in [-0.2, 0) is 5.33 Å². The van der Waals surface area contributed by atoms with Gasteiger partial charge in [0.05, 0.1) is 0 Å². The van der Waals surface area contributed by atoms with E-state index in [4.69, 9.17) is 11.6 Å². The highest BCUT2D eigenvalue weighted by Gasteiger charge is 2.19. The molecule has 0 bridgehead atoms. The first-order chi connectivity index (χ1) is 6.07. The van der Waals surface area contributed by atoms with E-state index in [9.17, 15) is 8.78 Å². The van der Waals surface area contributed by atoms with Gasteiger partial charge in [-0.1, -0.05) is 27.5 Å². The van der Waals surface area contributed by atoms with Crippen molar-refractivity contribution in [2.75, 3.05) is 0 Å². The van der Waals surface area contributed by atoms with Gasteiger partial charge in [0.25, 0.3) is 6.43 Å². The predicted molar refractivity (Wildman–Crippen MR) is 59.6 cm³/mol. The van der Waals surface area contributed by atoms with Gasteiger partial charge in [-0.25, -0.2) is 13.8 Å². The molecule has 0 atom stereocenters. The quantitative estimate of drug-likeness (QED) is 0.425. The lowest BCUT2D eigenvalue weighted by molar-refractivity contribution is 0.149. The molecule has 0 unspecified atom stereocenters. The van der Waals surface area contributed by atoms with Crippen molar-refractivity contribution in [1.82, 2.24) is 4.98 Å². The summed E-state index contributed by atoms with van der Waals surface area (Å²) in [4.78, 5) is 3.79. The molecule has 72 valence electrons. The average Bonchev–Trinajstić information content (AvgIpc) is 2.07. The van der Waals surface area contributed by atoms with Crippen LogP contribution in [0.1, 0.15) is 17.6 Å². The third-order valence-electron chi connectivity index (χ3n) is 1.47. The third-order valence-corrected chi connectivity index (χ3v) is 3.22. The number of halogens is 5. The molecule has 0 aliphatic rings. The lowest BCUT2D eigenvalue weighted by Gasteiger charge is -2.09. The molecule has 0 N–H and O–H groups in total. The first kappa shape index (κ1) is 11.6. The van der Waals surface area contributed by atoms with E-state index < -0.39 is 6.43 Å². The highest BCUT2D eigenvalue weighted by molar-refractivity contribution is 14.1. The zero-order valence-electron chi connectivity index (χ0n) is 6.20. The Morgan fingerprint density at radius 1 is 1.62 bits per heavy atom. The minimum absolute atomic E-state index is 0.0301. The molecule has 1 nitrogen and oxygen atoms in total. The Bertz CT molecular complexity index is 322. The Morgan fingerprint density at radius 2 is 2.23 bits per heavy atom. The van der Waals surface area contributed by atoms with Gasteiger partial charge in [-0.05, 0) is 22.6 Å². The summed E-state index contributed by atoms with van der Waals surface area (Å²) in [5.74, 6) is 0. The number of hydrogen-bond acceptors (Lipinski definition) is 1. The summed E-state index contributed by atoms with van der Waals surface area (Å²) in [6.45, 7) is 0. The third kappa shape index (κ3) is 2.50. The topological polar surface area (TPSA) is 12.9 Å². The van der Waals surface area contributed by atoms with Crippen LogP contribution in [0.5, 0.6) is 0 Å². The SMILES string of the molecule is FC(F)c1c(I)cnc(Cl)c1CBr. The maximum absolute atomic E-state index is 12.5. The molecule has 0 saturated heterocycles. The molecule has 0 radical (unpaired) electrons. The van der Waals surface area contributed by atoms with Gasteiger partial charge in [0.15, 0.2) is 0 Å². The van der Waals surface area contributed by atoms with Crippen LogP contribution in [-0.4, -0.2) is 4.98 Å². The second-order valence-corrected chi connectivity index (χ2v) is 4.30. The summed E-state index contributed by atoms with van der Waals surface area (Å²) >= 11 is 10.6. The van der Waals surface area contributed by atoms with E-state index in [0.717, 1.165) is 0 Å². The van der Waals surface area contributed by atoms with Crippen LogP contribution < -0.4 is 0 Å². The van der Waals surface area contributed by atoms with Crippen molar-refractivity contribution in [3.05, 3.63) is 26.0 Å². The molecule has 6 heteroatoms. The summed E-state index contributed by atoms with van der Waals surface area (Å²) in [6, 6.07) is 0. The second kappa shape index (κ2) is 4.84. The molecule has 0 aliphatic heterocycles. The van der Waals surface area contributed by atoms with Crippen LogP contribution in [0.2, 0.25) is 5.15 Å². The summed E-state index contributed by atoms with van der Waals surface area (Å²) in [5, 5.41) is 0.419. The first-order valence-corrected chi connectivity index (χ1v) is 5.82. The number of rotatable bonds is 2. The van der Waals surface area contributed by atoms with Crippen LogP contribution in [0.3, 0.4) is 0 Å². The van der Waals surface area contributed by atoms with Crippen LogP contribution in [0.4, 0.5) is 8.78 Å². The second-order valence-electron chi connectivity index (χ2n) is 2.22. The highest BCUT2D eigenvalue weighted by atomic mass is 127. The monoisotopic (exact) mass is 381 g/mol. The Labute approximate surface area is 101 Å². The Balaban J connectivity index is 3.35. The molecular weight excluding hydrogens is 378 g/mol. The smallest absolute Gasteiger partial charge is 0.243 e. The normalized spacial score (nSPS) is 10.9. The molecule has 0 spiro atoms. The van der Waals surface area contributed by atoms with Crippen molar-refractivity contribution in [1.29, 1.82) is 0 Å². The van der Waals surface area contributed by atoms with Crippen LogP contribution >= 0.6 is 50.1 Å². The number of alkyl halides is 3. The van der Waals surface area contributed by atoms with Gasteiger partial charge in [-0.2, -0.15) is 0 Å². The van der Waals surface area contributed by atoms with E-state index in [1.165, 1.54) is 6.20 Å². The van der Waals surface area contributed by atoms with Gasteiger partial charge in [0.2, 0.25) is 0 Å². The molecule has 0 amide bonds. The maximum atomic E-state index is 12.5. The lowest BCUT2D eigenvalue weighted by atomic mass is 10.2. The highest BCUT2D eigenvalue weighted by Crippen LogP contribution is 2.32. The van der Waals surface area contributed by atoms with Crippen LogP contribution in [0.15, 0.2) is 6.20 Å². The van der Waals surface area contributed by atoms with Crippen molar-refractivity contribution >= 4 is 50.1 Å². The van der Waals surface area contributed by atoms with Crippen molar-refractivity contribution in [3.63, 3.8) is 0 Å². The summed E-state index contributed by atoms with van der Waals surface area (Å²) in [7, 11) is 0. The number of nitrogens with zero attached hydrogens (tertiary/aromatic N) is 1. The van der Waals surface area contributed by atoms with Gasteiger partial charge in [0, 0.05) is 26.2 Å². The number of aromatic nitrogens is 1. The van der Waals surface area contributed by atoms with E-state index in [1.807, 2.05) is 22.6 Å². The molecule has 0 saturated carbocycles. The van der Waals surface area contributed by atoms with E-state index in [-0.39, 0.29) is 16.0 Å². The maximum Gasteiger partial charge on any atom is 0.265 e. The molecule has 0 aromatic carbocycles. The molecule has 1 heterocycles. The van der Waals surface area contributed by atoms with Crippen molar-refractivity contribution in [2.24, 2.45) is 0 Å². The summed E-state index contributed by atoms with van der Waals surface area (Å²) in [6.07, 6.45) is -1.17. The number of pyridine rings is 1. The van der Waals surface area contributed by atoms with Gasteiger partial charge >= 0.3 is 0 Å². The van der Waals surface area contributed by atoms with Gasteiger partial charge in [-0.15, -0.1) is 0 Å². The van der Waals surface area contributed by atoms with Gasteiger partial charge in [0.1, 0.15) is 5.15 Å². The lowest BCUT2D eigenvalue weighted by Crippen LogP contribution is -1.99. The van der Waals surface area contributed by atoms with Crippen molar-refractivity contribution in [3.8, 4) is 0 Å². The van der Waals surface area contributed by atoms with E-state index in [1.54, 1.807) is 0 Å². The predicted octanol–water partition coefficient (Wildman–Crippen LogP) is 4.17. The fraction of sp³-hybridized carbons (Fsp3) is 0.286. The zero-order chi connectivity index (χ0) is 10.0. The van der Waals surface area contributed by atoms with Gasteiger partial charge in [-0.3, -0.25) is 0 Å². The largest absolute Gasteiger partial charge is 0.265 e. The zero-order valence-corrected chi connectivity index (χ0v) is 10.7. The number of hydrogen-bond donors (Lipinski definition) is 0. The minimum atomic E-state index is -2.51. The van der Waals surface area contributed by atoms with Crippen LogP contribution in [0, 0.1) is 3.57 Å². The molecule has 1 aromatic rings. The van der Waals surface area contributed by atoms with Gasteiger partial charge < -0.3 is 0 Å². The molecule has 1 rings (SSSR count). The van der Waals surface area contributed by atoms with Crippen molar-refractivity contribution < 1.29 is 8.78 Å². The van der Waals surface area contributed by atoms with E-state index in [0.29, 0.717) is 9.13 Å². The fourth-order valence-electron chi connectivity index (χ4n) is 0.879. The Hall–Kier alpha value is 0.510. The molecule has 0 aliphatic carbocycles.